The second-order valence-corrected chi connectivity index (χ2v) is 4.81. The summed E-state index contributed by atoms with van der Waals surface area (Å²) in [5.74, 6) is 0.809. The molecule has 0 amide bonds. The third-order valence-electron chi connectivity index (χ3n) is 2.81. The van der Waals surface area contributed by atoms with Crippen LogP contribution in [0.2, 0.25) is 0 Å². The van der Waals surface area contributed by atoms with Gasteiger partial charge in [-0.3, -0.25) is 4.98 Å². The number of likely N-dealkylation sites (N-methyl/N-ethyl adjacent to an activating group) is 1. The summed E-state index contributed by atoms with van der Waals surface area (Å²) in [6.45, 7) is 1.57. The molecule has 2 rings (SSSR count). The molecule has 0 aliphatic rings. The monoisotopic (exact) mass is 268 g/mol. The molecule has 104 valence electrons. The van der Waals surface area contributed by atoms with Gasteiger partial charge >= 0.3 is 0 Å². The van der Waals surface area contributed by atoms with Crippen molar-refractivity contribution in [2.75, 3.05) is 27.2 Å². The molecule has 0 atom stereocenters. The molecule has 1 heterocycles. The molecule has 20 heavy (non-hydrogen) atoms. The smallest absolute Gasteiger partial charge is 0.137 e. The van der Waals surface area contributed by atoms with E-state index in [0.29, 0.717) is 6.61 Å². The average molecular weight is 268 g/mol. The van der Waals surface area contributed by atoms with E-state index in [0.717, 1.165) is 18.0 Å². The van der Waals surface area contributed by atoms with Crippen molar-refractivity contribution >= 4 is 12.2 Å². The molecule has 0 fully saturated rings. The number of hydrogen-bond donors (Lipinski definition) is 0. The highest BCUT2D eigenvalue weighted by molar-refractivity contribution is 5.67. The normalized spacial score (nSPS) is 11.2. The maximum absolute atomic E-state index is 5.61. The Morgan fingerprint density at radius 1 is 1.05 bits per heavy atom. The molecule has 0 radical (unpaired) electrons. The highest BCUT2D eigenvalue weighted by Crippen LogP contribution is 2.11. The van der Waals surface area contributed by atoms with E-state index in [1.807, 2.05) is 50.5 Å². The molecule has 3 nitrogen and oxygen atoms in total. The van der Waals surface area contributed by atoms with Gasteiger partial charge in [-0.05, 0) is 37.9 Å². The van der Waals surface area contributed by atoms with Crippen LogP contribution in [0.1, 0.15) is 11.3 Å². The predicted octanol–water partition coefficient (Wildman–Crippen LogP) is 3.19. The molecule has 1 aromatic heterocycles. The van der Waals surface area contributed by atoms with Crippen LogP contribution in [0.5, 0.6) is 5.75 Å². The lowest BCUT2D eigenvalue weighted by Crippen LogP contribution is -2.19. The van der Waals surface area contributed by atoms with Gasteiger partial charge in [0.15, 0.2) is 0 Å². The fourth-order valence-electron chi connectivity index (χ4n) is 1.67. The number of ether oxygens (including phenoxy) is 1. The van der Waals surface area contributed by atoms with Gasteiger partial charge in [-0.25, -0.2) is 0 Å². The summed E-state index contributed by atoms with van der Waals surface area (Å²) in [5, 5.41) is 0. The molecule has 0 aliphatic heterocycles. The molecule has 0 bridgehead atoms. The van der Waals surface area contributed by atoms with Gasteiger partial charge in [0.2, 0.25) is 0 Å². The zero-order valence-electron chi connectivity index (χ0n) is 12.0. The topological polar surface area (TPSA) is 25.4 Å². The van der Waals surface area contributed by atoms with Gasteiger partial charge in [0, 0.05) is 6.54 Å². The Labute approximate surface area is 120 Å². The predicted molar refractivity (Wildman–Crippen MR) is 83.7 cm³/mol. The van der Waals surface area contributed by atoms with Gasteiger partial charge < -0.3 is 9.64 Å². The number of aromatic nitrogens is 1. The fourth-order valence-corrected chi connectivity index (χ4v) is 1.67. The Bertz CT molecular complexity index is 533. The number of nitrogens with zero attached hydrogens (tertiary/aromatic N) is 2. The lowest BCUT2D eigenvalue weighted by atomic mass is 10.2. The van der Waals surface area contributed by atoms with Gasteiger partial charge in [0.25, 0.3) is 0 Å². The molecule has 3 heteroatoms. The van der Waals surface area contributed by atoms with Crippen LogP contribution in [0.25, 0.3) is 12.2 Å². The summed E-state index contributed by atoms with van der Waals surface area (Å²) in [5.41, 5.74) is 2.09. The van der Waals surface area contributed by atoms with Crippen molar-refractivity contribution in [2.24, 2.45) is 0 Å². The maximum Gasteiger partial charge on any atom is 0.137 e. The first-order chi connectivity index (χ1) is 9.74. The van der Waals surface area contributed by atoms with E-state index >= 15 is 0 Å². The van der Waals surface area contributed by atoms with Crippen molar-refractivity contribution < 1.29 is 4.74 Å². The zero-order valence-corrected chi connectivity index (χ0v) is 12.0. The van der Waals surface area contributed by atoms with E-state index < -0.39 is 0 Å². The van der Waals surface area contributed by atoms with Crippen LogP contribution < -0.4 is 4.74 Å². The average Bonchev–Trinajstić information content (AvgIpc) is 2.47. The first kappa shape index (κ1) is 14.3. The van der Waals surface area contributed by atoms with Gasteiger partial charge in [-0.2, -0.15) is 0 Å². The first-order valence-corrected chi connectivity index (χ1v) is 6.71. The minimum absolute atomic E-state index is 0.674. The van der Waals surface area contributed by atoms with Gasteiger partial charge in [-0.15, -0.1) is 0 Å². The minimum Gasteiger partial charge on any atom is -0.491 e. The van der Waals surface area contributed by atoms with Crippen LogP contribution in [0.3, 0.4) is 0 Å². The Hall–Kier alpha value is -2.13. The van der Waals surface area contributed by atoms with Crippen LogP contribution in [-0.2, 0) is 0 Å². The summed E-state index contributed by atoms with van der Waals surface area (Å²) in [6.07, 6.45) is 5.81. The third-order valence-corrected chi connectivity index (χ3v) is 2.81. The van der Waals surface area contributed by atoms with E-state index in [9.17, 15) is 0 Å². The highest BCUT2D eigenvalue weighted by Gasteiger charge is 1.96. The Morgan fingerprint density at radius 3 is 2.50 bits per heavy atom. The molecule has 0 saturated carbocycles. The van der Waals surface area contributed by atoms with E-state index in [4.69, 9.17) is 4.74 Å². The zero-order chi connectivity index (χ0) is 14.2. The molecule has 0 N–H and O–H groups in total. The van der Waals surface area contributed by atoms with Crippen molar-refractivity contribution in [3.05, 3.63) is 59.9 Å². The second-order valence-electron chi connectivity index (χ2n) is 4.81. The van der Waals surface area contributed by atoms with E-state index in [2.05, 4.69) is 28.1 Å². The minimum atomic E-state index is 0.674. The number of rotatable bonds is 6. The summed E-state index contributed by atoms with van der Waals surface area (Å²) in [4.78, 5) is 6.45. The standard InChI is InChI=1S/C17H20N2O/c1-19(2)12-13-20-17-11-10-16(18-14-17)9-8-15-6-4-3-5-7-15/h3-11,14H,12-13H2,1-2H3/b9-8+. The largest absolute Gasteiger partial charge is 0.491 e. The van der Waals surface area contributed by atoms with Crippen LogP contribution >= 0.6 is 0 Å². The Kier molecular flexibility index (Phi) is 5.33. The molecule has 0 saturated heterocycles. The number of benzene rings is 1. The van der Waals surface area contributed by atoms with Gasteiger partial charge in [0.05, 0.1) is 11.9 Å². The summed E-state index contributed by atoms with van der Waals surface area (Å²) in [7, 11) is 4.05. The van der Waals surface area contributed by atoms with Crippen LogP contribution in [0, 0.1) is 0 Å². The van der Waals surface area contributed by atoms with E-state index in [-0.39, 0.29) is 0 Å². The number of hydrogen-bond acceptors (Lipinski definition) is 3. The summed E-state index contributed by atoms with van der Waals surface area (Å²) < 4.78 is 5.61. The van der Waals surface area contributed by atoms with Crippen molar-refractivity contribution in [3.8, 4) is 5.75 Å². The molecule has 0 unspecified atom stereocenters. The fraction of sp³-hybridized carbons (Fsp3) is 0.235. The van der Waals surface area contributed by atoms with E-state index in [1.165, 1.54) is 5.56 Å². The Morgan fingerprint density at radius 2 is 1.85 bits per heavy atom. The van der Waals surface area contributed by atoms with Crippen molar-refractivity contribution in [3.63, 3.8) is 0 Å². The number of pyridine rings is 1. The van der Waals surface area contributed by atoms with Crippen molar-refractivity contribution in [1.29, 1.82) is 0 Å². The second kappa shape index (κ2) is 7.46. The van der Waals surface area contributed by atoms with E-state index in [1.54, 1.807) is 6.20 Å². The molecular formula is C17H20N2O. The Balaban J connectivity index is 1.90. The van der Waals surface area contributed by atoms with Crippen LogP contribution in [0.15, 0.2) is 48.7 Å². The quantitative estimate of drug-likeness (QED) is 0.804. The molecule has 0 aliphatic carbocycles. The van der Waals surface area contributed by atoms with Gasteiger partial charge in [-0.1, -0.05) is 36.4 Å². The lowest BCUT2D eigenvalue weighted by molar-refractivity contribution is 0.260. The SMILES string of the molecule is CN(C)CCOc1ccc(/C=C/c2ccccc2)nc1. The summed E-state index contributed by atoms with van der Waals surface area (Å²) in [6, 6.07) is 14.1. The third kappa shape index (κ3) is 4.86. The van der Waals surface area contributed by atoms with Gasteiger partial charge in [0.1, 0.15) is 12.4 Å². The van der Waals surface area contributed by atoms with Crippen molar-refractivity contribution in [2.45, 2.75) is 0 Å². The molecule has 1 aromatic carbocycles. The maximum atomic E-state index is 5.61. The summed E-state index contributed by atoms with van der Waals surface area (Å²) >= 11 is 0. The molecule has 0 spiro atoms. The van der Waals surface area contributed by atoms with Crippen molar-refractivity contribution in [1.82, 2.24) is 9.88 Å². The lowest BCUT2D eigenvalue weighted by Gasteiger charge is -2.10. The first-order valence-electron chi connectivity index (χ1n) is 6.71. The molecular weight excluding hydrogens is 248 g/mol. The van der Waals surface area contributed by atoms with Crippen LogP contribution in [-0.4, -0.2) is 37.1 Å². The molecule has 2 aromatic rings. The van der Waals surface area contributed by atoms with Crippen LogP contribution in [0.4, 0.5) is 0 Å². The highest BCUT2D eigenvalue weighted by atomic mass is 16.5.